The Bertz CT molecular complexity index is 1390. The third-order valence-electron chi connectivity index (χ3n) is 5.51. The number of carboxylic acids is 1. The van der Waals surface area contributed by atoms with Crippen LogP contribution >= 0.6 is 0 Å². The number of amides is 2. The molecule has 1 aromatic heterocycles. The van der Waals surface area contributed by atoms with E-state index in [1.807, 2.05) is 29.8 Å². The smallest absolute Gasteiger partial charge is 0.354 e. The summed E-state index contributed by atoms with van der Waals surface area (Å²) in [6.45, 7) is 2.42. The number of aryl methyl sites for hydroxylation is 1. The number of hydrogen-bond donors (Lipinski definition) is 3. The van der Waals surface area contributed by atoms with E-state index in [4.69, 9.17) is 4.74 Å². The summed E-state index contributed by atoms with van der Waals surface area (Å²) in [5, 5.41) is 12.0. The molecule has 2 aromatic carbocycles. The van der Waals surface area contributed by atoms with E-state index in [1.165, 1.54) is 24.3 Å². The molecule has 0 radical (unpaired) electrons. The van der Waals surface area contributed by atoms with Gasteiger partial charge in [0.2, 0.25) is 0 Å². The van der Waals surface area contributed by atoms with Crippen LogP contribution in [0, 0.1) is 0 Å². The van der Waals surface area contributed by atoms with E-state index in [0.717, 1.165) is 25.1 Å². The van der Waals surface area contributed by atoms with Crippen LogP contribution < -0.4 is 14.8 Å². The number of sulfonamides is 1. The molecule has 3 aromatic rings. The molecule has 0 atom stereocenters. The number of nitrogens with zero attached hydrogens (tertiary/aromatic N) is 1. The summed E-state index contributed by atoms with van der Waals surface area (Å²) in [6, 6.07) is 15.7. The average molecular weight is 540 g/mol. The lowest BCUT2D eigenvalue weighted by atomic mass is 10.0. The minimum absolute atomic E-state index is 0.0858. The Balaban J connectivity index is 1.66. The van der Waals surface area contributed by atoms with Gasteiger partial charge in [-0.25, -0.2) is 22.9 Å². The number of benzene rings is 2. The predicted molar refractivity (Wildman–Crippen MR) is 140 cm³/mol. The number of rotatable bonds is 13. The summed E-state index contributed by atoms with van der Waals surface area (Å²) in [6.07, 6.45) is 3.92. The third-order valence-corrected chi connectivity index (χ3v) is 6.84. The first-order chi connectivity index (χ1) is 18.2. The van der Waals surface area contributed by atoms with E-state index < -0.39 is 27.8 Å². The van der Waals surface area contributed by atoms with Crippen molar-refractivity contribution in [3.05, 3.63) is 89.2 Å². The molecule has 0 saturated carbocycles. The Kier molecular flexibility index (Phi) is 9.94. The zero-order valence-electron chi connectivity index (χ0n) is 20.8. The van der Waals surface area contributed by atoms with E-state index in [1.54, 1.807) is 12.1 Å². The molecular formula is C27H29N3O7S. The molecule has 0 fully saturated rings. The first-order valence-electron chi connectivity index (χ1n) is 12.1. The summed E-state index contributed by atoms with van der Waals surface area (Å²) in [5.41, 5.74) is 0.183. The summed E-state index contributed by atoms with van der Waals surface area (Å²) in [5.74, 6) is -2.03. The topological polar surface area (TPSA) is 152 Å². The number of ether oxygens (including phenoxy) is 1. The van der Waals surface area contributed by atoms with Gasteiger partial charge in [-0.2, -0.15) is 0 Å². The van der Waals surface area contributed by atoms with Gasteiger partial charge in [0.05, 0.1) is 17.0 Å². The van der Waals surface area contributed by atoms with Crippen LogP contribution in [-0.4, -0.2) is 49.4 Å². The quantitative estimate of drug-likeness (QED) is 0.279. The summed E-state index contributed by atoms with van der Waals surface area (Å²) >= 11 is 0. The second-order valence-electron chi connectivity index (χ2n) is 8.37. The average Bonchev–Trinajstić information content (AvgIpc) is 2.91. The molecule has 0 bridgehead atoms. The molecule has 0 aliphatic rings. The largest absolute Gasteiger partial charge is 0.492 e. The normalized spacial score (nSPS) is 11.0. The molecule has 200 valence electrons. The molecular weight excluding hydrogens is 510 g/mol. The van der Waals surface area contributed by atoms with Gasteiger partial charge in [-0.1, -0.05) is 44.0 Å². The van der Waals surface area contributed by atoms with Gasteiger partial charge in [0.15, 0.2) is 5.69 Å². The monoisotopic (exact) mass is 539 g/mol. The number of aromatic carboxylic acids is 1. The fraction of sp³-hybridized carbons (Fsp3) is 0.259. The molecule has 0 aliphatic heterocycles. The first-order valence-corrected chi connectivity index (χ1v) is 13.5. The molecule has 0 unspecified atom stereocenters. The number of carbonyl (C=O) groups is 3. The van der Waals surface area contributed by atoms with E-state index in [2.05, 4.69) is 10.3 Å². The highest BCUT2D eigenvalue weighted by Crippen LogP contribution is 2.16. The molecule has 2 amide bonds. The van der Waals surface area contributed by atoms with Crippen molar-refractivity contribution in [2.24, 2.45) is 0 Å². The Morgan fingerprint density at radius 2 is 1.71 bits per heavy atom. The first kappa shape index (κ1) is 28.3. The van der Waals surface area contributed by atoms with Crippen LogP contribution in [-0.2, 0) is 16.4 Å². The highest BCUT2D eigenvalue weighted by molar-refractivity contribution is 7.90. The molecule has 3 rings (SSSR count). The lowest BCUT2D eigenvalue weighted by molar-refractivity contribution is 0.0688. The molecule has 0 spiro atoms. The van der Waals surface area contributed by atoms with Crippen molar-refractivity contribution >= 4 is 27.8 Å². The fourth-order valence-electron chi connectivity index (χ4n) is 3.58. The van der Waals surface area contributed by atoms with Crippen LogP contribution in [0.2, 0.25) is 0 Å². The van der Waals surface area contributed by atoms with E-state index in [9.17, 15) is 27.9 Å². The lowest BCUT2D eigenvalue weighted by Crippen LogP contribution is -2.31. The molecule has 3 N–H and O–H groups in total. The van der Waals surface area contributed by atoms with E-state index >= 15 is 0 Å². The summed E-state index contributed by atoms with van der Waals surface area (Å²) < 4.78 is 33.2. The number of aromatic nitrogens is 1. The number of unbranched alkanes of at least 4 members (excludes halogenated alkanes) is 2. The maximum atomic E-state index is 12.9. The van der Waals surface area contributed by atoms with Crippen molar-refractivity contribution in [3.8, 4) is 5.75 Å². The number of carboxylic acid groups (broad SMARTS) is 1. The van der Waals surface area contributed by atoms with Crippen LogP contribution in [0.3, 0.4) is 0 Å². The maximum Gasteiger partial charge on any atom is 0.354 e. The number of pyridine rings is 1. The highest BCUT2D eigenvalue weighted by Gasteiger charge is 2.22. The minimum Gasteiger partial charge on any atom is -0.492 e. The zero-order chi connectivity index (χ0) is 27.5. The van der Waals surface area contributed by atoms with Crippen molar-refractivity contribution in [1.29, 1.82) is 0 Å². The van der Waals surface area contributed by atoms with Gasteiger partial charge >= 0.3 is 5.97 Å². The zero-order valence-corrected chi connectivity index (χ0v) is 21.7. The van der Waals surface area contributed by atoms with Crippen LogP contribution in [0.25, 0.3) is 0 Å². The molecule has 0 saturated heterocycles. The Labute approximate surface area is 221 Å². The van der Waals surface area contributed by atoms with Crippen molar-refractivity contribution in [1.82, 2.24) is 15.0 Å². The second-order valence-corrected chi connectivity index (χ2v) is 10.1. The number of hydrogen-bond acceptors (Lipinski definition) is 7. The Morgan fingerprint density at radius 3 is 2.42 bits per heavy atom. The lowest BCUT2D eigenvalue weighted by Gasteiger charge is -2.11. The van der Waals surface area contributed by atoms with E-state index in [0.29, 0.717) is 24.2 Å². The predicted octanol–water partition coefficient (Wildman–Crippen LogP) is 3.44. The van der Waals surface area contributed by atoms with Crippen molar-refractivity contribution in [2.45, 2.75) is 37.5 Å². The summed E-state index contributed by atoms with van der Waals surface area (Å²) in [7, 11) is -4.33. The van der Waals surface area contributed by atoms with Gasteiger partial charge in [0.25, 0.3) is 21.8 Å². The molecule has 1 heterocycles. The van der Waals surface area contributed by atoms with Crippen molar-refractivity contribution < 1.29 is 32.6 Å². The van der Waals surface area contributed by atoms with Crippen LogP contribution in [0.15, 0.2) is 71.8 Å². The van der Waals surface area contributed by atoms with Gasteiger partial charge < -0.3 is 15.2 Å². The molecule has 10 nitrogen and oxygen atoms in total. The maximum absolute atomic E-state index is 12.9. The van der Waals surface area contributed by atoms with E-state index in [-0.39, 0.29) is 34.9 Å². The van der Waals surface area contributed by atoms with Crippen molar-refractivity contribution in [2.75, 3.05) is 13.2 Å². The standard InChI is InChI=1S/C27H29N3O7S/c1-2-3-5-9-19-16-21(18-29-24(19)27(33)34)26(32)30-38(35,36)23-13-8-10-20(17-23)25(31)28-14-15-37-22-11-6-4-7-12-22/h4,6-8,10-13,16-18H,2-3,5,9,14-15H2,1H3,(H,28,31)(H,30,32)(H,33,34). The number of carbonyl (C=O) groups excluding carboxylic acids is 2. The molecule has 11 heteroatoms. The SMILES string of the molecule is CCCCCc1cc(C(=O)NS(=O)(=O)c2cccc(C(=O)NCCOc3ccccc3)c2)cnc1C(=O)O. The Morgan fingerprint density at radius 1 is 0.947 bits per heavy atom. The van der Waals surface area contributed by atoms with Gasteiger partial charge in [0.1, 0.15) is 12.4 Å². The van der Waals surface area contributed by atoms with Crippen molar-refractivity contribution in [3.63, 3.8) is 0 Å². The van der Waals surface area contributed by atoms with Crippen LogP contribution in [0.5, 0.6) is 5.75 Å². The van der Waals surface area contributed by atoms with Gasteiger partial charge in [-0.15, -0.1) is 0 Å². The molecule has 38 heavy (non-hydrogen) atoms. The summed E-state index contributed by atoms with van der Waals surface area (Å²) in [4.78, 5) is 40.3. The fourth-order valence-corrected chi connectivity index (χ4v) is 4.60. The Hall–Kier alpha value is -4.25. The number of para-hydroxylation sites is 1. The van der Waals surface area contributed by atoms with Crippen LogP contribution in [0.1, 0.15) is 63.0 Å². The molecule has 0 aliphatic carbocycles. The minimum atomic E-state index is -4.33. The van der Waals surface area contributed by atoms with Gasteiger partial charge in [-0.3, -0.25) is 9.59 Å². The third kappa shape index (κ3) is 7.87. The van der Waals surface area contributed by atoms with Crippen LogP contribution in [0.4, 0.5) is 0 Å². The van der Waals surface area contributed by atoms with Gasteiger partial charge in [-0.05, 0) is 54.8 Å². The van der Waals surface area contributed by atoms with Gasteiger partial charge in [0, 0.05) is 11.8 Å². The highest BCUT2D eigenvalue weighted by atomic mass is 32.2. The number of nitrogens with one attached hydrogen (secondary N) is 2. The second kappa shape index (κ2) is 13.3.